The average molecular weight is 855 g/mol. The van der Waals surface area contributed by atoms with Crippen LogP contribution >= 0.6 is 0 Å². The number of imide groups is 2. The number of likely N-dealkylation sites (tertiary alicyclic amines) is 2. The van der Waals surface area contributed by atoms with Crippen LogP contribution < -0.4 is 0 Å². The summed E-state index contributed by atoms with van der Waals surface area (Å²) < 4.78 is 35.1. The number of hydrogen-bond donors (Lipinski definition) is 0. The van der Waals surface area contributed by atoms with Gasteiger partial charge in [0.25, 0.3) is 0 Å². The molecule has 0 aromatic heterocycles. The van der Waals surface area contributed by atoms with E-state index in [0.717, 1.165) is 31.2 Å². The number of carbonyl (C=O) groups excluding carboxylic acids is 4. The summed E-state index contributed by atoms with van der Waals surface area (Å²) in [6.07, 6.45) is 18.4. The number of carbonyl (C=O) groups is 4. The Labute approximate surface area is 366 Å². The predicted octanol–water partition coefficient (Wildman–Crippen LogP) is 7.72. The van der Waals surface area contributed by atoms with Crippen LogP contribution in [0.4, 0.5) is 0 Å². The predicted molar refractivity (Wildman–Crippen MR) is 234 cm³/mol. The van der Waals surface area contributed by atoms with Gasteiger partial charge in [-0.1, -0.05) is 121 Å². The zero-order valence-corrected chi connectivity index (χ0v) is 37.8. The number of aryl methyl sites for hydroxylation is 1. The van der Waals surface area contributed by atoms with Crippen LogP contribution in [-0.4, -0.2) is 124 Å². The van der Waals surface area contributed by atoms with Gasteiger partial charge in [0.2, 0.25) is 23.6 Å². The molecule has 0 saturated carbocycles. The van der Waals surface area contributed by atoms with E-state index in [-0.39, 0.29) is 36.8 Å². The lowest BCUT2D eigenvalue weighted by molar-refractivity contribution is -0.147. The van der Waals surface area contributed by atoms with Crippen LogP contribution in [0.2, 0.25) is 0 Å². The van der Waals surface area contributed by atoms with Gasteiger partial charge in [0, 0.05) is 26.9 Å². The Morgan fingerprint density at radius 3 is 1.43 bits per heavy atom. The minimum atomic E-state index is -0.616. The van der Waals surface area contributed by atoms with Crippen LogP contribution in [0.15, 0.2) is 30.3 Å². The summed E-state index contributed by atoms with van der Waals surface area (Å²) in [5.74, 6) is -2.99. The molecule has 4 amide bonds. The molecular weight excluding hydrogens is 777 g/mol. The molecule has 5 rings (SSSR count). The second kappa shape index (κ2) is 27.4. The van der Waals surface area contributed by atoms with Crippen molar-refractivity contribution in [2.75, 3.05) is 66.4 Å². The molecule has 4 aliphatic rings. The summed E-state index contributed by atoms with van der Waals surface area (Å²) in [4.78, 5) is 58.9. The Balaban J connectivity index is 1.14. The van der Waals surface area contributed by atoms with E-state index in [1.165, 1.54) is 80.4 Å². The molecule has 1 aromatic carbocycles. The minimum Gasteiger partial charge on any atom is -0.382 e. The van der Waals surface area contributed by atoms with Crippen molar-refractivity contribution in [1.29, 1.82) is 0 Å². The number of hydrogen-bond acceptors (Lipinski definition) is 10. The molecule has 12 heteroatoms. The van der Waals surface area contributed by atoms with Gasteiger partial charge in [-0.05, 0) is 51.0 Å². The Bertz CT molecular complexity index is 1450. The van der Waals surface area contributed by atoms with Crippen LogP contribution in [0.1, 0.15) is 135 Å². The number of nitrogens with zero attached hydrogens (tertiary/aromatic N) is 2. The second-order valence-electron chi connectivity index (χ2n) is 17.6. The molecule has 61 heavy (non-hydrogen) atoms. The number of amides is 4. The second-order valence-corrected chi connectivity index (χ2v) is 17.6. The molecule has 0 aliphatic carbocycles. The van der Waals surface area contributed by atoms with Crippen LogP contribution in [-0.2, 0) is 54.0 Å². The fourth-order valence-corrected chi connectivity index (χ4v) is 10.0. The molecule has 12 nitrogen and oxygen atoms in total. The van der Waals surface area contributed by atoms with Crippen LogP contribution in [0, 0.1) is 23.7 Å². The maximum atomic E-state index is 14.1. The smallest absolute Gasteiger partial charge is 0.235 e. The van der Waals surface area contributed by atoms with Gasteiger partial charge in [-0.15, -0.1) is 0 Å². The van der Waals surface area contributed by atoms with E-state index in [1.807, 2.05) is 25.1 Å². The Morgan fingerprint density at radius 2 is 0.918 bits per heavy atom. The Kier molecular flexibility index (Phi) is 22.2. The summed E-state index contributed by atoms with van der Waals surface area (Å²) >= 11 is 0. The van der Waals surface area contributed by atoms with Crippen molar-refractivity contribution in [3.63, 3.8) is 0 Å². The van der Waals surface area contributed by atoms with Crippen molar-refractivity contribution in [2.24, 2.45) is 23.7 Å². The highest BCUT2D eigenvalue weighted by Crippen LogP contribution is 2.47. The number of unbranched alkanes of at least 4 members (excludes halogenated alkanes) is 13. The van der Waals surface area contributed by atoms with Gasteiger partial charge in [0.1, 0.15) is 0 Å². The van der Waals surface area contributed by atoms with E-state index >= 15 is 0 Å². The molecule has 344 valence electrons. The molecule has 4 unspecified atom stereocenters. The van der Waals surface area contributed by atoms with Crippen molar-refractivity contribution in [3.05, 3.63) is 35.9 Å². The van der Waals surface area contributed by atoms with E-state index in [1.54, 1.807) is 7.11 Å². The summed E-state index contributed by atoms with van der Waals surface area (Å²) in [5.41, 5.74) is 1.15. The highest BCUT2D eigenvalue weighted by atomic mass is 16.5. The molecule has 4 aliphatic heterocycles. The lowest BCUT2D eigenvalue weighted by atomic mass is 9.83. The number of methoxy groups -OCH3 is 1. The van der Waals surface area contributed by atoms with Gasteiger partial charge in [-0.25, -0.2) is 0 Å². The molecule has 0 spiro atoms. The summed E-state index contributed by atoms with van der Waals surface area (Å²) in [6, 6.07) is 10.1. The third-order valence-corrected chi connectivity index (χ3v) is 13.3. The molecule has 4 fully saturated rings. The highest BCUT2D eigenvalue weighted by molar-refractivity contribution is 6.07. The molecule has 0 bridgehead atoms. The maximum Gasteiger partial charge on any atom is 0.235 e. The van der Waals surface area contributed by atoms with E-state index < -0.39 is 48.1 Å². The van der Waals surface area contributed by atoms with E-state index in [9.17, 15) is 19.2 Å². The number of benzene rings is 1. The zero-order chi connectivity index (χ0) is 43.2. The largest absolute Gasteiger partial charge is 0.382 e. The highest BCUT2D eigenvalue weighted by Gasteiger charge is 2.61. The van der Waals surface area contributed by atoms with Crippen molar-refractivity contribution in [2.45, 2.75) is 160 Å². The summed E-state index contributed by atoms with van der Waals surface area (Å²) in [5, 5.41) is 0. The van der Waals surface area contributed by atoms with Gasteiger partial charge in [-0.2, -0.15) is 0 Å². The lowest BCUT2D eigenvalue weighted by Crippen LogP contribution is -2.39. The lowest BCUT2D eigenvalue weighted by Gasteiger charge is -2.24. The quantitative estimate of drug-likeness (QED) is 0.0502. The van der Waals surface area contributed by atoms with E-state index in [0.29, 0.717) is 71.9 Å². The van der Waals surface area contributed by atoms with Crippen molar-refractivity contribution in [1.82, 2.24) is 9.80 Å². The van der Waals surface area contributed by atoms with Crippen molar-refractivity contribution >= 4 is 23.6 Å². The molecule has 4 saturated heterocycles. The monoisotopic (exact) mass is 855 g/mol. The fourth-order valence-electron chi connectivity index (χ4n) is 10.0. The first-order valence-electron chi connectivity index (χ1n) is 24.2. The van der Waals surface area contributed by atoms with Crippen LogP contribution in [0.25, 0.3) is 0 Å². The molecule has 8 atom stereocenters. The van der Waals surface area contributed by atoms with Gasteiger partial charge in [-0.3, -0.25) is 29.0 Å². The first kappa shape index (κ1) is 49.3. The summed E-state index contributed by atoms with van der Waals surface area (Å²) in [7, 11) is 1.62. The molecule has 1 aromatic rings. The number of rotatable bonds is 34. The van der Waals surface area contributed by atoms with E-state index in [2.05, 4.69) is 19.1 Å². The Morgan fingerprint density at radius 1 is 0.475 bits per heavy atom. The van der Waals surface area contributed by atoms with Gasteiger partial charge in [0.05, 0.1) is 87.7 Å². The normalized spacial score (nSPS) is 26.0. The standard InChI is InChI=1S/C49H78N2O10/c1-4-6-7-8-9-10-11-12-13-14-15-16-17-21-29-50-46(52)44-40(61-41(28-31-57-5-2)45(44)47(50)53)27-26-39-43-42(38(60-39)25-24-37-22-19-18-20-23-37)48(54)51(49(43)55)30-32-58-35-36-59-34-33-56-3/h18-20,22-23,38-45H,4-17,21,24-36H2,1-3H3/t38?,39?,40?,41?,42-,43+,44-,45+/m0/s1. The molecule has 0 N–H and O–H groups in total. The average Bonchev–Trinajstić information content (AvgIpc) is 3.97. The third-order valence-electron chi connectivity index (χ3n) is 13.3. The molecular formula is C49H78N2O10. The minimum absolute atomic E-state index is 0.122. The zero-order valence-electron chi connectivity index (χ0n) is 37.8. The Hall–Kier alpha value is -2.74. The van der Waals surface area contributed by atoms with Gasteiger partial charge < -0.3 is 28.4 Å². The number of ether oxygens (including phenoxy) is 6. The summed E-state index contributed by atoms with van der Waals surface area (Å²) in [6.45, 7) is 7.79. The van der Waals surface area contributed by atoms with Crippen LogP contribution in [0.5, 0.6) is 0 Å². The molecule has 4 heterocycles. The van der Waals surface area contributed by atoms with Crippen molar-refractivity contribution < 1.29 is 47.6 Å². The first-order valence-corrected chi connectivity index (χ1v) is 24.2. The van der Waals surface area contributed by atoms with Crippen LogP contribution in [0.3, 0.4) is 0 Å². The van der Waals surface area contributed by atoms with E-state index in [4.69, 9.17) is 28.4 Å². The van der Waals surface area contributed by atoms with Gasteiger partial charge >= 0.3 is 0 Å². The SMILES string of the molecule is CCCCCCCCCCCCCCCCN1C(=O)[C@@H]2C(CCOCC)OC(CCC3OC(CCc4ccccc4)[C@@H]4C(=O)N(CCOCCOCCOC)C(=O)[C@H]34)[C@@H]2C1=O. The van der Waals surface area contributed by atoms with Crippen molar-refractivity contribution in [3.8, 4) is 0 Å². The number of fused-ring (bicyclic) bond motifs is 2. The first-order chi connectivity index (χ1) is 29.9. The fraction of sp³-hybridized carbons (Fsp3) is 0.796. The third kappa shape index (κ3) is 14.4. The topological polar surface area (TPSA) is 130 Å². The molecule has 0 radical (unpaired) electrons. The maximum absolute atomic E-state index is 14.1. The van der Waals surface area contributed by atoms with Gasteiger partial charge in [0.15, 0.2) is 0 Å².